The van der Waals surface area contributed by atoms with Crippen LogP contribution in [0.4, 0.5) is 0 Å². The third-order valence-electron chi connectivity index (χ3n) is 0.644. The molecule has 49 valence electrons. The van der Waals surface area contributed by atoms with E-state index in [9.17, 15) is 0 Å². The van der Waals surface area contributed by atoms with Crippen molar-refractivity contribution in [2.45, 2.75) is 39.0 Å². The highest BCUT2D eigenvalue weighted by molar-refractivity contribution is 6.31. The van der Waals surface area contributed by atoms with Crippen molar-refractivity contribution in [1.29, 1.82) is 0 Å². The highest BCUT2D eigenvalue weighted by atomic mass is 16.4. The second-order valence-electron chi connectivity index (χ2n) is 3.10. The topological polar surface area (TPSA) is 9.23 Å². The molecule has 0 aliphatic heterocycles. The van der Waals surface area contributed by atoms with Crippen LogP contribution in [-0.4, -0.2) is 20.8 Å². The Balaban J connectivity index is 3.28. The van der Waals surface area contributed by atoms with Crippen LogP contribution in [0.3, 0.4) is 0 Å². The fourth-order valence-corrected chi connectivity index (χ4v) is 0.311. The van der Waals surface area contributed by atoms with Gasteiger partial charge in [-0.05, 0) is 19.7 Å². The highest BCUT2D eigenvalue weighted by Gasteiger charge is 2.10. The molecule has 0 heterocycles. The Bertz CT molecular complexity index is 75.6. The molecule has 0 N–H and O–H groups in total. The van der Waals surface area contributed by atoms with Crippen molar-refractivity contribution in [3.63, 3.8) is 0 Å². The summed E-state index contributed by atoms with van der Waals surface area (Å²) in [6.45, 7) is 7.75. The Morgan fingerprint density at radius 3 is 2.00 bits per heavy atom. The van der Waals surface area contributed by atoms with Crippen LogP contribution in [0.15, 0.2) is 0 Å². The van der Waals surface area contributed by atoms with Crippen LogP contribution in [0, 0.1) is 0 Å². The summed E-state index contributed by atoms with van der Waals surface area (Å²) < 4.78 is 5.14. The van der Waals surface area contributed by atoms with Crippen LogP contribution in [0.2, 0.25) is 5.82 Å². The van der Waals surface area contributed by atoms with Crippen molar-refractivity contribution in [2.75, 3.05) is 0 Å². The van der Waals surface area contributed by atoms with Crippen molar-refractivity contribution >= 4 is 15.3 Å². The van der Waals surface area contributed by atoms with Gasteiger partial charge in [0.25, 0.3) is 7.48 Å². The molecule has 3 radical (unpaired) electrons. The predicted molar refractivity (Wildman–Crippen MR) is 41.8 cm³/mol. The van der Waals surface area contributed by atoms with E-state index in [4.69, 9.17) is 12.5 Å². The van der Waals surface area contributed by atoms with Gasteiger partial charge in [-0.3, -0.25) is 0 Å². The zero-order valence-electron chi connectivity index (χ0n) is 6.64. The van der Waals surface area contributed by atoms with Crippen molar-refractivity contribution < 1.29 is 4.65 Å². The van der Waals surface area contributed by atoms with Gasteiger partial charge in [0, 0.05) is 5.50 Å². The molecule has 9 heavy (non-hydrogen) atoms. The maximum Gasteiger partial charge on any atom is 0.294 e. The summed E-state index contributed by atoms with van der Waals surface area (Å²) in [5.74, 6) is 0.438. The SMILES string of the molecule is [B]C(C)(C)O[B]C(C)C. The lowest BCUT2D eigenvalue weighted by Crippen LogP contribution is -2.27. The van der Waals surface area contributed by atoms with Crippen LogP contribution >= 0.6 is 0 Å². The summed E-state index contributed by atoms with van der Waals surface area (Å²) in [4.78, 5) is 0. The van der Waals surface area contributed by atoms with E-state index in [0.29, 0.717) is 5.82 Å². The summed E-state index contributed by atoms with van der Waals surface area (Å²) in [6, 6.07) is 0. The third-order valence-corrected chi connectivity index (χ3v) is 0.644. The molecule has 0 atom stereocenters. The maximum absolute atomic E-state index is 5.53. The standard InChI is InChI=1S/C6H13B2O/c1-5(2)8-9-6(3,4)7/h5H,1-4H3. The smallest absolute Gasteiger partial charge is 0.294 e. The predicted octanol–water partition coefficient (Wildman–Crippen LogP) is 1.36. The summed E-state index contributed by atoms with van der Waals surface area (Å²) in [5, 5.41) is 0. The number of hydrogen-bond donors (Lipinski definition) is 0. The molecule has 0 saturated heterocycles. The minimum atomic E-state index is -0.524. The van der Waals surface area contributed by atoms with Gasteiger partial charge in [-0.1, -0.05) is 13.8 Å². The lowest BCUT2D eigenvalue weighted by Gasteiger charge is -2.21. The van der Waals surface area contributed by atoms with Crippen LogP contribution < -0.4 is 0 Å². The van der Waals surface area contributed by atoms with E-state index >= 15 is 0 Å². The number of rotatable bonds is 3. The van der Waals surface area contributed by atoms with Gasteiger partial charge in [0.15, 0.2) is 0 Å². The van der Waals surface area contributed by atoms with Gasteiger partial charge >= 0.3 is 0 Å². The zero-order valence-corrected chi connectivity index (χ0v) is 6.64. The van der Waals surface area contributed by atoms with Gasteiger partial charge in [-0.15, -0.1) is 0 Å². The van der Waals surface area contributed by atoms with Crippen molar-refractivity contribution in [3.8, 4) is 0 Å². The van der Waals surface area contributed by atoms with Gasteiger partial charge in [0.2, 0.25) is 0 Å². The average molecular weight is 123 g/mol. The molecule has 0 rings (SSSR count). The largest absolute Gasteiger partial charge is 0.444 e. The summed E-state index contributed by atoms with van der Waals surface area (Å²) in [6.07, 6.45) is 0. The first-order valence-electron chi connectivity index (χ1n) is 3.22. The van der Waals surface area contributed by atoms with Crippen LogP contribution in [0.1, 0.15) is 27.7 Å². The highest BCUT2D eigenvalue weighted by Crippen LogP contribution is 2.06. The third kappa shape index (κ3) is 8.09. The maximum atomic E-state index is 5.53. The van der Waals surface area contributed by atoms with E-state index in [1.54, 1.807) is 7.48 Å². The lowest BCUT2D eigenvalue weighted by atomic mass is 9.78. The van der Waals surface area contributed by atoms with Crippen LogP contribution in [-0.2, 0) is 4.65 Å². The Hall–Kier alpha value is 0.0899. The first-order chi connectivity index (χ1) is 3.92. The molecular weight excluding hydrogens is 110 g/mol. The van der Waals surface area contributed by atoms with Crippen LogP contribution in [0.25, 0.3) is 0 Å². The molecule has 0 aliphatic carbocycles. The second kappa shape index (κ2) is 3.31. The zero-order chi connectivity index (χ0) is 7.49. The molecule has 0 bridgehead atoms. The van der Waals surface area contributed by atoms with Gasteiger partial charge < -0.3 is 4.65 Å². The molecule has 0 unspecified atom stereocenters. The first kappa shape index (κ1) is 9.09. The van der Waals surface area contributed by atoms with E-state index in [1.807, 2.05) is 27.7 Å². The molecule has 0 aromatic rings. The Kier molecular flexibility index (Phi) is 3.34. The van der Waals surface area contributed by atoms with Gasteiger partial charge in [0.05, 0.1) is 0 Å². The number of hydrogen-bond acceptors (Lipinski definition) is 1. The molecule has 3 heteroatoms. The minimum Gasteiger partial charge on any atom is -0.444 e. The Labute approximate surface area is 59.9 Å². The van der Waals surface area contributed by atoms with E-state index in [-0.39, 0.29) is 0 Å². The van der Waals surface area contributed by atoms with Crippen molar-refractivity contribution in [2.24, 2.45) is 0 Å². The first-order valence-corrected chi connectivity index (χ1v) is 3.22. The summed E-state index contributed by atoms with van der Waals surface area (Å²) >= 11 is 0. The fraction of sp³-hybridized carbons (Fsp3) is 1.00. The van der Waals surface area contributed by atoms with E-state index in [0.717, 1.165) is 0 Å². The molecule has 0 aromatic heterocycles. The Morgan fingerprint density at radius 2 is 1.89 bits per heavy atom. The van der Waals surface area contributed by atoms with Crippen molar-refractivity contribution in [3.05, 3.63) is 0 Å². The second-order valence-corrected chi connectivity index (χ2v) is 3.10. The molecule has 0 fully saturated rings. The van der Waals surface area contributed by atoms with E-state index < -0.39 is 5.50 Å². The lowest BCUT2D eigenvalue weighted by molar-refractivity contribution is 0.206. The van der Waals surface area contributed by atoms with Crippen LogP contribution in [0.5, 0.6) is 0 Å². The summed E-state index contributed by atoms with van der Waals surface area (Å²) in [7, 11) is 7.28. The van der Waals surface area contributed by atoms with Gasteiger partial charge in [-0.25, -0.2) is 0 Å². The molecular formula is C6H13B2O. The van der Waals surface area contributed by atoms with E-state index in [1.165, 1.54) is 0 Å². The molecule has 0 saturated carbocycles. The normalized spacial score (nSPS) is 12.1. The van der Waals surface area contributed by atoms with Gasteiger partial charge in [0.1, 0.15) is 7.85 Å². The minimum absolute atomic E-state index is 0.438. The molecule has 0 aliphatic rings. The average Bonchev–Trinajstić information content (AvgIpc) is 1.59. The summed E-state index contributed by atoms with van der Waals surface area (Å²) in [5.41, 5.74) is -0.524. The molecule has 1 nitrogen and oxygen atoms in total. The molecule has 0 amide bonds. The fourth-order valence-electron chi connectivity index (χ4n) is 0.311. The van der Waals surface area contributed by atoms with Gasteiger partial charge in [-0.2, -0.15) is 0 Å². The van der Waals surface area contributed by atoms with Crippen molar-refractivity contribution in [1.82, 2.24) is 0 Å². The van der Waals surface area contributed by atoms with E-state index in [2.05, 4.69) is 0 Å². The Morgan fingerprint density at radius 1 is 1.44 bits per heavy atom. The monoisotopic (exact) mass is 123 g/mol. The molecule has 0 spiro atoms. The molecule has 0 aromatic carbocycles. The quantitative estimate of drug-likeness (QED) is 0.514.